The van der Waals surface area contributed by atoms with E-state index in [2.05, 4.69) is 4.98 Å². The molecule has 1 aromatic heterocycles. The minimum atomic E-state index is -0.497. The number of fused-ring (bicyclic) bond motifs is 1. The summed E-state index contributed by atoms with van der Waals surface area (Å²) in [5.41, 5.74) is 1.39. The molecule has 0 spiro atoms. The molecule has 1 heterocycles. The molecule has 0 aliphatic heterocycles. The van der Waals surface area contributed by atoms with Crippen LogP contribution in [0.2, 0.25) is 0 Å². The van der Waals surface area contributed by atoms with Crippen LogP contribution in [-0.2, 0) is 4.74 Å². The molecule has 0 radical (unpaired) electrons. The topological polar surface area (TPSA) is 59.2 Å². The molecular weight excluding hydrogens is 250 g/mol. The maximum atomic E-state index is 11.8. The smallest absolute Gasteiger partial charge is 0.355 e. The molecule has 2 rings (SSSR count). The maximum absolute atomic E-state index is 11.8. The molecule has 2 aromatic rings. The Morgan fingerprint density at radius 2 is 2.28 bits per heavy atom. The zero-order valence-corrected chi connectivity index (χ0v) is 11.0. The van der Waals surface area contributed by atoms with Gasteiger partial charge in [0.2, 0.25) is 0 Å². The van der Waals surface area contributed by atoms with Gasteiger partial charge in [0.25, 0.3) is 0 Å². The van der Waals surface area contributed by atoms with E-state index in [4.69, 9.17) is 4.74 Å². The van der Waals surface area contributed by atoms with Gasteiger partial charge in [-0.05, 0) is 19.2 Å². The Balaban J connectivity index is 2.67. The molecule has 18 heavy (non-hydrogen) atoms. The second kappa shape index (κ2) is 5.27. The first-order valence-electron chi connectivity index (χ1n) is 5.53. The van der Waals surface area contributed by atoms with E-state index in [1.807, 2.05) is 24.5 Å². The van der Waals surface area contributed by atoms with Crippen LogP contribution in [0.3, 0.4) is 0 Å². The van der Waals surface area contributed by atoms with Gasteiger partial charge in [0.1, 0.15) is 5.69 Å². The Morgan fingerprint density at radius 3 is 2.89 bits per heavy atom. The summed E-state index contributed by atoms with van der Waals surface area (Å²) >= 11 is 1.56. The highest BCUT2D eigenvalue weighted by molar-refractivity contribution is 7.98. The minimum absolute atomic E-state index is 0.225. The van der Waals surface area contributed by atoms with Crippen LogP contribution in [0.25, 0.3) is 10.9 Å². The predicted octanol–water partition coefficient (Wildman–Crippen LogP) is 2.88. The molecule has 0 fully saturated rings. The van der Waals surface area contributed by atoms with Gasteiger partial charge in [0.05, 0.1) is 17.7 Å². The van der Waals surface area contributed by atoms with E-state index in [1.165, 1.54) is 0 Å². The monoisotopic (exact) mass is 263 g/mol. The normalized spacial score (nSPS) is 10.6. The summed E-state index contributed by atoms with van der Waals surface area (Å²) in [5, 5.41) is 0.750. The van der Waals surface area contributed by atoms with Crippen LogP contribution in [0, 0.1) is 0 Å². The van der Waals surface area contributed by atoms with E-state index in [-0.39, 0.29) is 12.3 Å². The Hall–Kier alpha value is -1.75. The quantitative estimate of drug-likeness (QED) is 0.523. The highest BCUT2D eigenvalue weighted by Crippen LogP contribution is 2.29. The van der Waals surface area contributed by atoms with Crippen LogP contribution in [0.4, 0.5) is 0 Å². The molecule has 4 nitrogen and oxygen atoms in total. The van der Waals surface area contributed by atoms with Crippen molar-refractivity contribution >= 4 is 34.9 Å². The van der Waals surface area contributed by atoms with E-state index in [0.29, 0.717) is 11.8 Å². The Bertz CT molecular complexity index is 604. The van der Waals surface area contributed by atoms with Gasteiger partial charge in [0, 0.05) is 10.3 Å². The van der Waals surface area contributed by atoms with Crippen molar-refractivity contribution in [1.29, 1.82) is 0 Å². The van der Waals surface area contributed by atoms with Gasteiger partial charge in [-0.3, -0.25) is 4.79 Å². The molecule has 0 saturated carbocycles. The number of aromatic nitrogens is 1. The second-order valence-electron chi connectivity index (χ2n) is 3.63. The third kappa shape index (κ3) is 2.01. The molecule has 0 aliphatic rings. The number of thioether (sulfide) groups is 1. The number of esters is 1. The van der Waals surface area contributed by atoms with E-state index in [0.717, 1.165) is 15.8 Å². The van der Waals surface area contributed by atoms with Crippen molar-refractivity contribution in [3.63, 3.8) is 0 Å². The van der Waals surface area contributed by atoms with Gasteiger partial charge in [-0.2, -0.15) is 0 Å². The van der Waals surface area contributed by atoms with Crippen molar-refractivity contribution in [1.82, 2.24) is 4.98 Å². The molecule has 0 amide bonds. The number of rotatable bonds is 4. The first kappa shape index (κ1) is 12.7. The Kier molecular flexibility index (Phi) is 3.72. The third-order valence-corrected chi connectivity index (χ3v) is 3.43. The average molecular weight is 263 g/mol. The molecule has 0 atom stereocenters. The number of aromatic amines is 1. The van der Waals surface area contributed by atoms with E-state index < -0.39 is 5.97 Å². The minimum Gasteiger partial charge on any atom is -0.461 e. The van der Waals surface area contributed by atoms with Gasteiger partial charge in [-0.15, -0.1) is 11.8 Å². The number of hydrogen-bond donors (Lipinski definition) is 1. The number of hydrogen-bond acceptors (Lipinski definition) is 4. The van der Waals surface area contributed by atoms with Crippen molar-refractivity contribution in [2.75, 3.05) is 12.9 Å². The summed E-state index contributed by atoms with van der Waals surface area (Å²) in [7, 11) is 0. The van der Waals surface area contributed by atoms with Gasteiger partial charge in [0.15, 0.2) is 6.29 Å². The van der Waals surface area contributed by atoms with Crippen LogP contribution in [0.15, 0.2) is 23.1 Å². The summed E-state index contributed by atoms with van der Waals surface area (Å²) < 4.78 is 4.94. The SMILES string of the molecule is CCOC(=O)c1[nH]c2c(SC)cccc2c1C=O. The highest BCUT2D eigenvalue weighted by Gasteiger charge is 2.19. The van der Waals surface area contributed by atoms with Crippen molar-refractivity contribution in [3.05, 3.63) is 29.5 Å². The number of nitrogens with one attached hydrogen (secondary N) is 1. The lowest BCUT2D eigenvalue weighted by Gasteiger charge is -1.99. The van der Waals surface area contributed by atoms with Crippen LogP contribution < -0.4 is 0 Å². The van der Waals surface area contributed by atoms with Gasteiger partial charge < -0.3 is 9.72 Å². The zero-order valence-electron chi connectivity index (χ0n) is 10.1. The summed E-state index contributed by atoms with van der Waals surface area (Å²) in [4.78, 5) is 26.9. The van der Waals surface area contributed by atoms with Gasteiger partial charge >= 0.3 is 5.97 Å². The Labute approximate surface area is 109 Å². The fourth-order valence-corrected chi connectivity index (χ4v) is 2.45. The van der Waals surface area contributed by atoms with Crippen molar-refractivity contribution in [2.45, 2.75) is 11.8 Å². The highest BCUT2D eigenvalue weighted by atomic mass is 32.2. The number of carbonyl (C=O) groups excluding carboxylic acids is 2. The van der Waals surface area contributed by atoms with E-state index >= 15 is 0 Å². The molecule has 0 bridgehead atoms. The summed E-state index contributed by atoms with van der Waals surface area (Å²) in [6.45, 7) is 2.01. The van der Waals surface area contributed by atoms with Crippen molar-refractivity contribution < 1.29 is 14.3 Å². The predicted molar refractivity (Wildman–Crippen MR) is 71.4 cm³/mol. The fraction of sp³-hybridized carbons (Fsp3) is 0.231. The number of H-pyrrole nitrogens is 1. The molecule has 1 N–H and O–H groups in total. The number of benzene rings is 1. The lowest BCUT2D eigenvalue weighted by Crippen LogP contribution is -2.07. The fourth-order valence-electron chi connectivity index (χ4n) is 1.87. The Morgan fingerprint density at radius 1 is 1.50 bits per heavy atom. The number of aldehydes is 1. The molecule has 5 heteroatoms. The van der Waals surface area contributed by atoms with Gasteiger partial charge in [-0.25, -0.2) is 4.79 Å². The van der Waals surface area contributed by atoms with Gasteiger partial charge in [-0.1, -0.05) is 12.1 Å². The lowest BCUT2D eigenvalue weighted by molar-refractivity contribution is 0.0518. The number of para-hydroxylation sites is 1. The number of carbonyl (C=O) groups is 2. The molecule has 94 valence electrons. The van der Waals surface area contributed by atoms with Crippen LogP contribution in [-0.4, -0.2) is 30.1 Å². The first-order chi connectivity index (χ1) is 8.72. The maximum Gasteiger partial charge on any atom is 0.355 e. The second-order valence-corrected chi connectivity index (χ2v) is 4.48. The largest absolute Gasteiger partial charge is 0.461 e. The van der Waals surface area contributed by atoms with Crippen LogP contribution >= 0.6 is 11.8 Å². The van der Waals surface area contributed by atoms with E-state index in [1.54, 1.807) is 18.7 Å². The van der Waals surface area contributed by atoms with Crippen molar-refractivity contribution in [3.8, 4) is 0 Å². The molecule has 0 aliphatic carbocycles. The molecular formula is C13H13NO3S. The van der Waals surface area contributed by atoms with Crippen LogP contribution in [0.1, 0.15) is 27.8 Å². The third-order valence-electron chi connectivity index (χ3n) is 2.65. The van der Waals surface area contributed by atoms with Crippen LogP contribution in [0.5, 0.6) is 0 Å². The molecule has 0 unspecified atom stereocenters. The zero-order chi connectivity index (χ0) is 13.1. The average Bonchev–Trinajstić information content (AvgIpc) is 2.77. The lowest BCUT2D eigenvalue weighted by atomic mass is 10.1. The molecule has 1 aromatic carbocycles. The summed E-state index contributed by atoms with van der Waals surface area (Å²) in [6.07, 6.45) is 2.63. The standard InChI is InChI=1S/C13H13NO3S/c1-3-17-13(16)12-9(7-15)8-5-4-6-10(18-2)11(8)14-12/h4-7,14H,3H2,1-2H3. The van der Waals surface area contributed by atoms with Crippen molar-refractivity contribution in [2.24, 2.45) is 0 Å². The summed E-state index contributed by atoms with van der Waals surface area (Å²) in [6, 6.07) is 5.62. The van der Waals surface area contributed by atoms with E-state index in [9.17, 15) is 9.59 Å². The first-order valence-corrected chi connectivity index (χ1v) is 6.76. The number of ether oxygens (including phenoxy) is 1. The summed E-state index contributed by atoms with van der Waals surface area (Å²) in [5.74, 6) is -0.497. The molecule has 0 saturated heterocycles.